The lowest BCUT2D eigenvalue weighted by molar-refractivity contribution is 0.0737. The molecule has 7 heteroatoms. The van der Waals surface area contributed by atoms with E-state index in [4.69, 9.17) is 0 Å². The second-order valence-corrected chi connectivity index (χ2v) is 7.52. The maximum absolute atomic E-state index is 13.7. The van der Waals surface area contributed by atoms with Crippen LogP contribution in [0.25, 0.3) is 11.0 Å². The summed E-state index contributed by atoms with van der Waals surface area (Å²) in [6.45, 7) is 5.56. The lowest BCUT2D eigenvalue weighted by Gasteiger charge is -2.22. The van der Waals surface area contributed by atoms with E-state index in [1.165, 1.54) is 30.3 Å². The number of carbonyl (C=O) groups excluding carboxylic acids is 1. The number of aryl methyl sites for hydroxylation is 1. The number of benzene rings is 2. The molecule has 4 nitrogen and oxygen atoms in total. The smallest absolute Gasteiger partial charge is 0.254 e. The molecule has 0 saturated carbocycles. The van der Waals surface area contributed by atoms with Crippen LogP contribution in [0.15, 0.2) is 40.9 Å². The summed E-state index contributed by atoms with van der Waals surface area (Å²) in [4.78, 5) is 19.4. The molecule has 3 aromatic rings. The monoisotopic (exact) mass is 449 g/mol. The van der Waals surface area contributed by atoms with Crippen molar-refractivity contribution < 1.29 is 13.6 Å². The molecule has 0 atom stereocenters. The van der Waals surface area contributed by atoms with Crippen molar-refractivity contribution in [3.63, 3.8) is 0 Å². The summed E-state index contributed by atoms with van der Waals surface area (Å²) in [7, 11) is 0. The number of fused-ring (bicyclic) bond motifs is 1. The molecule has 3 rings (SSSR count). The summed E-state index contributed by atoms with van der Waals surface area (Å²) in [5, 5.41) is 0. The van der Waals surface area contributed by atoms with Gasteiger partial charge in [-0.3, -0.25) is 4.79 Å². The van der Waals surface area contributed by atoms with Crippen LogP contribution in [0.1, 0.15) is 42.9 Å². The number of amides is 1. The minimum atomic E-state index is -0.412. The number of halogens is 3. The SMILES string of the molecule is CCCN(Cc1nc2ccc(F)cc2n1CCC)C(=O)c1ccc(F)c(Br)c1. The van der Waals surface area contributed by atoms with E-state index in [1.807, 2.05) is 18.4 Å². The van der Waals surface area contributed by atoms with Gasteiger partial charge in [-0.05, 0) is 65.2 Å². The standard InChI is InChI=1S/C21H22BrF2N3O/c1-3-9-26(21(28)14-5-7-17(24)16(22)11-14)13-20-25-18-8-6-15(23)12-19(18)27(20)10-4-2/h5-8,11-12H,3-4,9-10,13H2,1-2H3. The zero-order chi connectivity index (χ0) is 20.3. The molecule has 0 spiro atoms. The van der Waals surface area contributed by atoms with Gasteiger partial charge in [0.05, 0.1) is 22.1 Å². The third-order valence-electron chi connectivity index (χ3n) is 4.52. The molecule has 0 N–H and O–H groups in total. The van der Waals surface area contributed by atoms with Crippen molar-refractivity contribution in [1.82, 2.24) is 14.5 Å². The van der Waals surface area contributed by atoms with Gasteiger partial charge in [-0.1, -0.05) is 13.8 Å². The van der Waals surface area contributed by atoms with Gasteiger partial charge in [-0.25, -0.2) is 13.8 Å². The van der Waals surface area contributed by atoms with E-state index < -0.39 is 5.82 Å². The van der Waals surface area contributed by atoms with Crippen molar-refractivity contribution in [2.75, 3.05) is 6.54 Å². The van der Waals surface area contributed by atoms with Gasteiger partial charge in [0.15, 0.2) is 0 Å². The van der Waals surface area contributed by atoms with Crippen LogP contribution >= 0.6 is 15.9 Å². The fourth-order valence-corrected chi connectivity index (χ4v) is 3.62. The van der Waals surface area contributed by atoms with Crippen LogP contribution in [0, 0.1) is 11.6 Å². The fourth-order valence-electron chi connectivity index (χ4n) is 3.24. The molecule has 28 heavy (non-hydrogen) atoms. The number of hydrogen-bond donors (Lipinski definition) is 0. The van der Waals surface area contributed by atoms with Crippen LogP contribution in [0.5, 0.6) is 0 Å². The van der Waals surface area contributed by atoms with Crippen molar-refractivity contribution >= 4 is 32.9 Å². The molecule has 1 amide bonds. The largest absolute Gasteiger partial charge is 0.331 e. The molecule has 0 bridgehead atoms. The minimum absolute atomic E-state index is 0.191. The van der Waals surface area contributed by atoms with Gasteiger partial charge in [0.1, 0.15) is 17.5 Å². The summed E-state index contributed by atoms with van der Waals surface area (Å²) in [5.74, 6) is -0.200. The first kappa shape index (κ1) is 20.5. The molecule has 0 saturated heterocycles. The highest BCUT2D eigenvalue weighted by Crippen LogP contribution is 2.22. The Morgan fingerprint density at radius 3 is 2.61 bits per heavy atom. The van der Waals surface area contributed by atoms with E-state index in [9.17, 15) is 13.6 Å². The van der Waals surface area contributed by atoms with Gasteiger partial charge in [0.25, 0.3) is 5.91 Å². The van der Waals surface area contributed by atoms with Gasteiger partial charge in [0, 0.05) is 18.7 Å². The molecule has 1 aromatic heterocycles. The molecular formula is C21H22BrF2N3O. The zero-order valence-corrected chi connectivity index (χ0v) is 17.5. The van der Waals surface area contributed by atoms with Gasteiger partial charge in [0.2, 0.25) is 0 Å². The van der Waals surface area contributed by atoms with Crippen LogP contribution in [0.3, 0.4) is 0 Å². The molecule has 1 heterocycles. The molecule has 0 aliphatic carbocycles. The molecule has 0 fully saturated rings. The van der Waals surface area contributed by atoms with E-state index in [-0.39, 0.29) is 16.2 Å². The maximum atomic E-state index is 13.7. The quantitative estimate of drug-likeness (QED) is 0.474. The summed E-state index contributed by atoms with van der Waals surface area (Å²) >= 11 is 3.13. The Labute approximate surface area is 171 Å². The Morgan fingerprint density at radius 1 is 1.14 bits per heavy atom. The second kappa shape index (κ2) is 8.82. The zero-order valence-electron chi connectivity index (χ0n) is 15.9. The van der Waals surface area contributed by atoms with Gasteiger partial charge < -0.3 is 9.47 Å². The Balaban J connectivity index is 1.96. The summed E-state index contributed by atoms with van der Waals surface area (Å²) in [6.07, 6.45) is 1.64. The van der Waals surface area contributed by atoms with Crippen molar-refractivity contribution in [3.8, 4) is 0 Å². The Morgan fingerprint density at radius 2 is 1.93 bits per heavy atom. The number of carbonyl (C=O) groups is 1. The topological polar surface area (TPSA) is 38.1 Å². The van der Waals surface area contributed by atoms with E-state index in [2.05, 4.69) is 20.9 Å². The average molecular weight is 450 g/mol. The number of hydrogen-bond acceptors (Lipinski definition) is 2. The predicted molar refractivity (Wildman–Crippen MR) is 109 cm³/mol. The van der Waals surface area contributed by atoms with Crippen LogP contribution in [-0.2, 0) is 13.1 Å². The molecule has 0 radical (unpaired) electrons. The molecule has 2 aromatic carbocycles. The highest BCUT2D eigenvalue weighted by atomic mass is 79.9. The van der Waals surface area contributed by atoms with E-state index in [0.717, 1.165) is 18.4 Å². The fraction of sp³-hybridized carbons (Fsp3) is 0.333. The number of rotatable bonds is 7. The first-order chi connectivity index (χ1) is 13.4. The van der Waals surface area contributed by atoms with Crippen LogP contribution in [0.2, 0.25) is 0 Å². The highest BCUT2D eigenvalue weighted by Gasteiger charge is 2.20. The summed E-state index contributed by atoms with van der Waals surface area (Å²) in [6, 6.07) is 8.77. The van der Waals surface area contributed by atoms with E-state index in [1.54, 1.807) is 11.0 Å². The summed E-state index contributed by atoms with van der Waals surface area (Å²) in [5.41, 5.74) is 1.84. The molecular weight excluding hydrogens is 428 g/mol. The number of aromatic nitrogens is 2. The normalized spacial score (nSPS) is 11.2. The summed E-state index contributed by atoms with van der Waals surface area (Å²) < 4.78 is 29.5. The van der Waals surface area contributed by atoms with E-state index >= 15 is 0 Å². The molecule has 0 aliphatic heterocycles. The van der Waals surface area contributed by atoms with Crippen LogP contribution in [-0.4, -0.2) is 26.9 Å². The highest BCUT2D eigenvalue weighted by molar-refractivity contribution is 9.10. The van der Waals surface area contributed by atoms with Gasteiger partial charge >= 0.3 is 0 Å². The Hall–Kier alpha value is -2.28. The van der Waals surface area contributed by atoms with Crippen molar-refractivity contribution in [3.05, 3.63) is 63.9 Å². The predicted octanol–water partition coefficient (Wildman–Crippen LogP) is 5.54. The van der Waals surface area contributed by atoms with Crippen LogP contribution < -0.4 is 0 Å². The molecule has 0 aliphatic rings. The number of nitrogens with zero attached hydrogens (tertiary/aromatic N) is 3. The van der Waals surface area contributed by atoms with Crippen molar-refractivity contribution in [2.45, 2.75) is 39.8 Å². The van der Waals surface area contributed by atoms with Gasteiger partial charge in [-0.15, -0.1) is 0 Å². The minimum Gasteiger partial charge on any atom is -0.331 e. The Bertz CT molecular complexity index is 1000. The number of imidazole rings is 1. The molecule has 0 unspecified atom stereocenters. The average Bonchev–Trinajstić information content (AvgIpc) is 3.00. The molecule has 148 valence electrons. The van der Waals surface area contributed by atoms with Crippen molar-refractivity contribution in [2.24, 2.45) is 0 Å². The van der Waals surface area contributed by atoms with Crippen LogP contribution in [0.4, 0.5) is 8.78 Å². The van der Waals surface area contributed by atoms with Crippen molar-refractivity contribution in [1.29, 1.82) is 0 Å². The lowest BCUT2D eigenvalue weighted by atomic mass is 10.2. The second-order valence-electron chi connectivity index (χ2n) is 6.67. The third kappa shape index (κ3) is 4.24. The first-order valence-electron chi connectivity index (χ1n) is 9.33. The van der Waals surface area contributed by atoms with Gasteiger partial charge in [-0.2, -0.15) is 0 Å². The Kier molecular flexibility index (Phi) is 6.44. The maximum Gasteiger partial charge on any atom is 0.254 e. The lowest BCUT2D eigenvalue weighted by Crippen LogP contribution is -2.32. The first-order valence-corrected chi connectivity index (χ1v) is 10.1. The van der Waals surface area contributed by atoms with E-state index in [0.29, 0.717) is 36.5 Å². The third-order valence-corrected chi connectivity index (χ3v) is 5.12.